The van der Waals surface area contributed by atoms with Gasteiger partial charge in [-0.25, -0.2) is 0 Å². The van der Waals surface area contributed by atoms with E-state index in [1.54, 1.807) is 6.07 Å². The minimum atomic E-state index is -0.351. The third-order valence-electron chi connectivity index (χ3n) is 3.63. The molecule has 0 radical (unpaired) electrons. The van der Waals surface area contributed by atoms with Gasteiger partial charge in [0.2, 0.25) is 0 Å². The van der Waals surface area contributed by atoms with E-state index in [1.165, 1.54) is 6.08 Å². The maximum atomic E-state index is 11.8. The molecule has 102 valence electrons. The van der Waals surface area contributed by atoms with Gasteiger partial charge in [0.05, 0.1) is 11.6 Å². The first-order valence-corrected chi connectivity index (χ1v) is 6.56. The van der Waals surface area contributed by atoms with Gasteiger partial charge in [-0.3, -0.25) is 4.79 Å². The van der Waals surface area contributed by atoms with Crippen LogP contribution in [0.15, 0.2) is 52.8 Å². The Morgan fingerprint density at radius 1 is 1.30 bits per heavy atom. The SMILES string of the molecule is Cc1cc([C@@H]2C(O)=CC(=O)C[C@H]2c2ccccc2)on1. The van der Waals surface area contributed by atoms with Crippen molar-refractivity contribution in [3.8, 4) is 0 Å². The van der Waals surface area contributed by atoms with E-state index in [4.69, 9.17) is 4.52 Å². The van der Waals surface area contributed by atoms with Crippen molar-refractivity contribution < 1.29 is 14.4 Å². The van der Waals surface area contributed by atoms with Gasteiger partial charge in [-0.1, -0.05) is 35.5 Å². The van der Waals surface area contributed by atoms with Gasteiger partial charge in [0.15, 0.2) is 5.78 Å². The molecule has 2 aromatic rings. The second-order valence-corrected chi connectivity index (χ2v) is 5.11. The second-order valence-electron chi connectivity index (χ2n) is 5.11. The zero-order chi connectivity index (χ0) is 14.1. The van der Waals surface area contributed by atoms with E-state index in [1.807, 2.05) is 37.3 Å². The minimum absolute atomic E-state index is 0.0475. The fourth-order valence-electron chi connectivity index (χ4n) is 2.74. The smallest absolute Gasteiger partial charge is 0.159 e. The normalized spacial score (nSPS) is 22.6. The molecular weight excluding hydrogens is 254 g/mol. The summed E-state index contributed by atoms with van der Waals surface area (Å²) in [5.41, 5.74) is 1.77. The van der Waals surface area contributed by atoms with Gasteiger partial charge >= 0.3 is 0 Å². The van der Waals surface area contributed by atoms with Crippen LogP contribution in [0.25, 0.3) is 0 Å². The van der Waals surface area contributed by atoms with Gasteiger partial charge in [-0.2, -0.15) is 0 Å². The number of aromatic nitrogens is 1. The van der Waals surface area contributed by atoms with Crippen LogP contribution in [0.2, 0.25) is 0 Å². The summed E-state index contributed by atoms with van der Waals surface area (Å²) in [4.78, 5) is 11.8. The van der Waals surface area contributed by atoms with E-state index in [2.05, 4.69) is 5.16 Å². The van der Waals surface area contributed by atoms with Crippen LogP contribution < -0.4 is 0 Å². The van der Waals surface area contributed by atoms with Crippen LogP contribution in [0.5, 0.6) is 0 Å². The number of ketones is 1. The highest BCUT2D eigenvalue weighted by atomic mass is 16.5. The lowest BCUT2D eigenvalue weighted by atomic mass is 9.76. The highest BCUT2D eigenvalue weighted by Crippen LogP contribution is 2.42. The van der Waals surface area contributed by atoms with E-state index in [0.717, 1.165) is 11.3 Å². The standard InChI is InChI=1S/C16H15NO3/c1-10-7-15(20-17-10)16-13(8-12(18)9-14(16)19)11-5-3-2-4-6-11/h2-7,9,13,16,19H,8H2,1H3/t13-,16-/m0/s1. The number of nitrogens with zero attached hydrogens (tertiary/aromatic N) is 1. The van der Waals surface area contributed by atoms with Crippen molar-refractivity contribution >= 4 is 5.78 Å². The molecule has 0 bridgehead atoms. The Kier molecular flexibility index (Phi) is 3.14. The molecule has 2 atom stereocenters. The number of carbonyl (C=O) groups is 1. The van der Waals surface area contributed by atoms with Crippen LogP contribution >= 0.6 is 0 Å². The predicted molar refractivity (Wildman–Crippen MR) is 73.5 cm³/mol. The molecule has 1 aromatic heterocycles. The summed E-state index contributed by atoms with van der Waals surface area (Å²) >= 11 is 0. The number of benzene rings is 1. The van der Waals surface area contributed by atoms with Crippen LogP contribution in [0.3, 0.4) is 0 Å². The van der Waals surface area contributed by atoms with E-state index in [9.17, 15) is 9.90 Å². The zero-order valence-electron chi connectivity index (χ0n) is 11.1. The Balaban J connectivity index is 2.06. The van der Waals surface area contributed by atoms with Crippen molar-refractivity contribution in [2.75, 3.05) is 0 Å². The average Bonchev–Trinajstić information content (AvgIpc) is 2.85. The lowest BCUT2D eigenvalue weighted by Gasteiger charge is -2.27. The first kappa shape index (κ1) is 12.7. The summed E-state index contributed by atoms with van der Waals surface area (Å²) in [5.74, 6) is 0.102. The largest absolute Gasteiger partial charge is 0.511 e. The molecule has 1 aromatic carbocycles. The Morgan fingerprint density at radius 2 is 2.05 bits per heavy atom. The number of aliphatic hydroxyl groups is 1. The number of hydrogen-bond donors (Lipinski definition) is 1. The third kappa shape index (κ3) is 2.25. The predicted octanol–water partition coefficient (Wildman–Crippen LogP) is 3.27. The van der Waals surface area contributed by atoms with Crippen molar-refractivity contribution in [2.45, 2.75) is 25.2 Å². The summed E-state index contributed by atoms with van der Waals surface area (Å²) in [6, 6.07) is 11.5. The molecule has 1 aliphatic carbocycles. The summed E-state index contributed by atoms with van der Waals surface area (Å²) in [6.07, 6.45) is 1.65. The van der Waals surface area contributed by atoms with E-state index in [0.29, 0.717) is 12.2 Å². The van der Waals surface area contributed by atoms with Crippen molar-refractivity contribution in [3.63, 3.8) is 0 Å². The van der Waals surface area contributed by atoms with Crippen LogP contribution in [0, 0.1) is 6.92 Å². The lowest BCUT2D eigenvalue weighted by Crippen LogP contribution is -2.21. The second kappa shape index (κ2) is 4.96. The summed E-state index contributed by atoms with van der Waals surface area (Å²) in [6.45, 7) is 1.83. The molecule has 0 saturated heterocycles. The molecule has 4 heteroatoms. The first-order chi connectivity index (χ1) is 9.65. The average molecular weight is 269 g/mol. The molecule has 1 N–H and O–H groups in total. The molecule has 0 fully saturated rings. The highest BCUT2D eigenvalue weighted by Gasteiger charge is 2.36. The Labute approximate surface area is 116 Å². The fraction of sp³-hybridized carbons (Fsp3) is 0.250. The lowest BCUT2D eigenvalue weighted by molar-refractivity contribution is -0.115. The Morgan fingerprint density at radius 3 is 2.70 bits per heavy atom. The van der Waals surface area contributed by atoms with Crippen LogP contribution in [-0.2, 0) is 4.79 Å². The van der Waals surface area contributed by atoms with Crippen LogP contribution in [-0.4, -0.2) is 16.0 Å². The number of allylic oxidation sites excluding steroid dienone is 2. The number of carbonyl (C=O) groups excluding carboxylic acids is 1. The number of rotatable bonds is 2. The molecule has 0 amide bonds. The number of hydrogen-bond acceptors (Lipinski definition) is 4. The summed E-state index contributed by atoms with van der Waals surface area (Å²) in [7, 11) is 0. The molecule has 1 heterocycles. The van der Waals surface area contributed by atoms with Crippen molar-refractivity contribution in [1.29, 1.82) is 0 Å². The van der Waals surface area contributed by atoms with Gasteiger partial charge < -0.3 is 9.63 Å². The minimum Gasteiger partial charge on any atom is -0.511 e. The maximum Gasteiger partial charge on any atom is 0.159 e. The van der Waals surface area contributed by atoms with Gasteiger partial charge in [0.25, 0.3) is 0 Å². The van der Waals surface area contributed by atoms with Crippen molar-refractivity contribution in [3.05, 3.63) is 65.3 Å². The number of aryl methyl sites for hydroxylation is 1. The summed E-state index contributed by atoms with van der Waals surface area (Å²) < 4.78 is 5.30. The topological polar surface area (TPSA) is 63.3 Å². The van der Waals surface area contributed by atoms with Crippen molar-refractivity contribution in [1.82, 2.24) is 5.16 Å². The monoisotopic (exact) mass is 269 g/mol. The van der Waals surface area contributed by atoms with Gasteiger partial charge in [-0.05, 0) is 12.5 Å². The van der Waals surface area contributed by atoms with E-state index < -0.39 is 0 Å². The van der Waals surface area contributed by atoms with E-state index >= 15 is 0 Å². The van der Waals surface area contributed by atoms with Crippen molar-refractivity contribution in [2.24, 2.45) is 0 Å². The molecule has 0 unspecified atom stereocenters. The Bertz CT molecular complexity index is 657. The fourth-order valence-corrected chi connectivity index (χ4v) is 2.74. The summed E-state index contributed by atoms with van der Waals surface area (Å²) in [5, 5.41) is 14.1. The quantitative estimate of drug-likeness (QED) is 0.908. The van der Waals surface area contributed by atoms with Crippen LogP contribution in [0.1, 0.15) is 35.3 Å². The third-order valence-corrected chi connectivity index (χ3v) is 3.63. The maximum absolute atomic E-state index is 11.8. The molecule has 1 aliphatic rings. The molecule has 20 heavy (non-hydrogen) atoms. The van der Waals surface area contributed by atoms with Gasteiger partial charge in [0.1, 0.15) is 11.5 Å². The molecule has 0 aliphatic heterocycles. The molecule has 0 saturated carbocycles. The first-order valence-electron chi connectivity index (χ1n) is 6.56. The molecule has 3 rings (SSSR count). The molecule has 4 nitrogen and oxygen atoms in total. The highest BCUT2D eigenvalue weighted by molar-refractivity contribution is 5.92. The van der Waals surface area contributed by atoms with Gasteiger partial charge in [0, 0.05) is 24.5 Å². The number of aliphatic hydroxyl groups excluding tert-OH is 1. The molecule has 0 spiro atoms. The Hall–Kier alpha value is -2.36. The van der Waals surface area contributed by atoms with E-state index in [-0.39, 0.29) is 23.4 Å². The van der Waals surface area contributed by atoms with Gasteiger partial charge in [-0.15, -0.1) is 0 Å². The zero-order valence-corrected chi connectivity index (χ0v) is 11.1. The van der Waals surface area contributed by atoms with Crippen LogP contribution in [0.4, 0.5) is 0 Å². The molecular formula is C16H15NO3.